The Kier molecular flexibility index (Phi) is 7.74. The van der Waals surface area contributed by atoms with Crippen molar-refractivity contribution >= 4 is 40.8 Å². The van der Waals surface area contributed by atoms with Gasteiger partial charge in [0.2, 0.25) is 0 Å². The number of anilines is 1. The first kappa shape index (κ1) is 26.9. The van der Waals surface area contributed by atoms with Crippen molar-refractivity contribution in [1.29, 1.82) is 0 Å². The standard InChI is InChI=1S/C26H37ClN4O4S/c1-24(2,3)35-23(33)30-12-8-25(4,9-13-30)19-16-21(28-17-18-6-7-20(27)36-18)31(29-19)22(32)26(5)10-14-34-15-11-26/h6-7,16,28H,8-15,17H2,1-5H3. The molecule has 0 unspecified atom stereocenters. The van der Waals surface area contributed by atoms with Crippen molar-refractivity contribution in [3.8, 4) is 0 Å². The van der Waals surface area contributed by atoms with Crippen LogP contribution in [0.3, 0.4) is 0 Å². The summed E-state index contributed by atoms with van der Waals surface area (Å²) in [4.78, 5) is 29.1. The molecule has 198 valence electrons. The largest absolute Gasteiger partial charge is 0.444 e. The average molecular weight is 537 g/mol. The lowest BCUT2D eigenvalue weighted by Crippen LogP contribution is -2.46. The van der Waals surface area contributed by atoms with Crippen LogP contribution in [0.4, 0.5) is 10.6 Å². The number of hydrogen-bond donors (Lipinski definition) is 1. The number of likely N-dealkylation sites (tertiary alicyclic amines) is 1. The number of halogens is 1. The number of rotatable bonds is 5. The maximum atomic E-state index is 13.7. The summed E-state index contributed by atoms with van der Waals surface area (Å²) in [5.41, 5.74) is -0.443. The third kappa shape index (κ3) is 6.06. The number of hydrogen-bond acceptors (Lipinski definition) is 7. The predicted octanol–water partition coefficient (Wildman–Crippen LogP) is 5.96. The minimum Gasteiger partial charge on any atom is -0.444 e. The molecule has 0 saturated carbocycles. The van der Waals surface area contributed by atoms with Gasteiger partial charge in [-0.15, -0.1) is 11.3 Å². The van der Waals surface area contributed by atoms with Gasteiger partial charge in [0.05, 0.1) is 22.0 Å². The van der Waals surface area contributed by atoms with Crippen LogP contribution in [0.1, 0.15) is 75.7 Å². The summed E-state index contributed by atoms with van der Waals surface area (Å²) in [6, 6.07) is 5.86. The molecule has 0 bridgehead atoms. The van der Waals surface area contributed by atoms with E-state index in [-0.39, 0.29) is 17.4 Å². The Morgan fingerprint density at radius 3 is 2.42 bits per heavy atom. The fourth-order valence-electron chi connectivity index (χ4n) is 4.64. The molecule has 2 fully saturated rings. The fraction of sp³-hybridized carbons (Fsp3) is 0.654. The molecule has 10 heteroatoms. The number of ether oxygens (including phenoxy) is 2. The van der Waals surface area contributed by atoms with Crippen molar-refractivity contribution in [2.75, 3.05) is 31.6 Å². The summed E-state index contributed by atoms with van der Waals surface area (Å²) >= 11 is 7.62. The average Bonchev–Trinajstić information content (AvgIpc) is 3.43. The van der Waals surface area contributed by atoms with E-state index < -0.39 is 11.0 Å². The summed E-state index contributed by atoms with van der Waals surface area (Å²) in [7, 11) is 0. The monoisotopic (exact) mass is 536 g/mol. The molecule has 0 aromatic carbocycles. The zero-order chi connectivity index (χ0) is 26.1. The van der Waals surface area contributed by atoms with E-state index in [1.807, 2.05) is 45.9 Å². The first-order chi connectivity index (χ1) is 16.9. The van der Waals surface area contributed by atoms with Crippen molar-refractivity contribution in [3.05, 3.63) is 33.1 Å². The molecule has 0 spiro atoms. The quantitative estimate of drug-likeness (QED) is 0.507. The second kappa shape index (κ2) is 10.3. The molecule has 2 aliphatic rings. The third-order valence-electron chi connectivity index (χ3n) is 7.22. The van der Waals surface area contributed by atoms with Crippen molar-refractivity contribution in [2.45, 2.75) is 77.9 Å². The number of carbonyl (C=O) groups excluding carboxylic acids is 2. The number of amides is 1. The SMILES string of the molecule is CC(C)(C)OC(=O)N1CCC(C)(c2cc(NCc3ccc(Cl)s3)n(C(=O)C3(C)CCOCC3)n2)CC1. The van der Waals surface area contributed by atoms with Gasteiger partial charge < -0.3 is 19.7 Å². The molecular weight excluding hydrogens is 500 g/mol. The maximum absolute atomic E-state index is 13.7. The number of carbonyl (C=O) groups is 2. The summed E-state index contributed by atoms with van der Waals surface area (Å²) in [5.74, 6) is 0.668. The second-order valence-corrected chi connectivity index (χ2v) is 13.2. The topological polar surface area (TPSA) is 85.7 Å². The molecule has 8 nitrogen and oxygen atoms in total. The first-order valence-electron chi connectivity index (χ1n) is 12.6. The number of piperidine rings is 1. The van der Waals surface area contributed by atoms with E-state index in [9.17, 15) is 9.59 Å². The molecule has 2 saturated heterocycles. The Morgan fingerprint density at radius 1 is 1.17 bits per heavy atom. The Balaban J connectivity index is 1.55. The van der Waals surface area contributed by atoms with E-state index in [4.69, 9.17) is 26.2 Å². The van der Waals surface area contributed by atoms with Crippen molar-refractivity contribution in [2.24, 2.45) is 5.41 Å². The first-order valence-corrected chi connectivity index (χ1v) is 13.8. The van der Waals surface area contributed by atoms with Crippen LogP contribution in [0.25, 0.3) is 0 Å². The third-order valence-corrected chi connectivity index (χ3v) is 8.46. The highest BCUT2D eigenvalue weighted by molar-refractivity contribution is 7.16. The highest BCUT2D eigenvalue weighted by Gasteiger charge is 2.41. The number of nitrogens with one attached hydrogen (secondary N) is 1. The minimum absolute atomic E-state index is 0.0152. The highest BCUT2D eigenvalue weighted by Crippen LogP contribution is 2.38. The van der Waals surface area contributed by atoms with Gasteiger partial charge in [0, 0.05) is 42.7 Å². The predicted molar refractivity (Wildman–Crippen MR) is 142 cm³/mol. The number of nitrogens with zero attached hydrogens (tertiary/aromatic N) is 3. The van der Waals surface area contributed by atoms with Gasteiger partial charge >= 0.3 is 6.09 Å². The van der Waals surface area contributed by atoms with Crippen LogP contribution in [-0.2, 0) is 21.4 Å². The van der Waals surface area contributed by atoms with E-state index >= 15 is 0 Å². The Labute approximate surface area is 222 Å². The lowest BCUT2D eigenvalue weighted by molar-refractivity contribution is 0.0161. The molecule has 1 N–H and O–H groups in total. The molecule has 4 heterocycles. The summed E-state index contributed by atoms with van der Waals surface area (Å²) < 4.78 is 13.4. The molecule has 4 rings (SSSR count). The van der Waals surface area contributed by atoms with Gasteiger partial charge in [-0.25, -0.2) is 4.79 Å². The van der Waals surface area contributed by atoms with Crippen molar-refractivity contribution < 1.29 is 19.1 Å². The van der Waals surface area contributed by atoms with E-state index in [0.29, 0.717) is 51.5 Å². The molecule has 2 aliphatic heterocycles. The lowest BCUT2D eigenvalue weighted by Gasteiger charge is -2.38. The van der Waals surface area contributed by atoms with Crippen LogP contribution >= 0.6 is 22.9 Å². The number of thiophene rings is 1. The van der Waals surface area contributed by atoms with Gasteiger partial charge in [-0.1, -0.05) is 25.4 Å². The normalized spacial score (nSPS) is 19.7. The molecule has 2 aromatic heterocycles. The van der Waals surface area contributed by atoms with Crippen LogP contribution in [-0.4, -0.2) is 58.6 Å². The zero-order valence-corrected chi connectivity index (χ0v) is 23.4. The summed E-state index contributed by atoms with van der Waals surface area (Å²) in [6.45, 7) is 12.7. The van der Waals surface area contributed by atoms with E-state index in [1.54, 1.807) is 9.58 Å². The lowest BCUT2D eigenvalue weighted by atomic mass is 9.77. The van der Waals surface area contributed by atoms with E-state index in [2.05, 4.69) is 12.2 Å². The fourth-order valence-corrected chi connectivity index (χ4v) is 5.67. The van der Waals surface area contributed by atoms with Crippen LogP contribution in [0.15, 0.2) is 18.2 Å². The van der Waals surface area contributed by atoms with Gasteiger partial charge in [-0.2, -0.15) is 9.78 Å². The van der Waals surface area contributed by atoms with E-state index in [1.165, 1.54) is 11.3 Å². The smallest absolute Gasteiger partial charge is 0.410 e. The van der Waals surface area contributed by atoms with Gasteiger partial charge in [0.15, 0.2) is 0 Å². The number of aromatic nitrogens is 2. The van der Waals surface area contributed by atoms with Gasteiger partial charge in [0.25, 0.3) is 5.91 Å². The maximum Gasteiger partial charge on any atom is 0.410 e. The molecular formula is C26H37ClN4O4S. The van der Waals surface area contributed by atoms with Crippen LogP contribution < -0.4 is 5.32 Å². The second-order valence-electron chi connectivity index (χ2n) is 11.4. The Bertz CT molecular complexity index is 1090. The molecule has 2 aromatic rings. The molecule has 0 atom stereocenters. The zero-order valence-electron chi connectivity index (χ0n) is 21.9. The molecule has 36 heavy (non-hydrogen) atoms. The van der Waals surface area contributed by atoms with Gasteiger partial charge in [-0.05, 0) is 58.6 Å². The van der Waals surface area contributed by atoms with Gasteiger partial charge in [0.1, 0.15) is 11.4 Å². The summed E-state index contributed by atoms with van der Waals surface area (Å²) in [5, 5.41) is 8.30. The summed E-state index contributed by atoms with van der Waals surface area (Å²) in [6.07, 6.45) is 2.53. The van der Waals surface area contributed by atoms with Gasteiger partial charge in [-0.3, -0.25) is 4.79 Å². The minimum atomic E-state index is -0.523. The van der Waals surface area contributed by atoms with Crippen LogP contribution in [0.5, 0.6) is 0 Å². The van der Waals surface area contributed by atoms with Crippen LogP contribution in [0.2, 0.25) is 4.34 Å². The Morgan fingerprint density at radius 2 is 1.83 bits per heavy atom. The molecule has 0 radical (unpaired) electrons. The van der Waals surface area contributed by atoms with E-state index in [0.717, 1.165) is 27.7 Å². The van der Waals surface area contributed by atoms with Crippen molar-refractivity contribution in [3.63, 3.8) is 0 Å². The highest BCUT2D eigenvalue weighted by atomic mass is 35.5. The molecule has 0 aliphatic carbocycles. The van der Waals surface area contributed by atoms with Crippen molar-refractivity contribution in [1.82, 2.24) is 14.7 Å². The Hall–Kier alpha value is -2.10. The molecule has 1 amide bonds. The van der Waals surface area contributed by atoms with Crippen LogP contribution in [0, 0.1) is 5.41 Å².